The van der Waals surface area contributed by atoms with Gasteiger partial charge < -0.3 is 10.2 Å². The fourth-order valence-corrected chi connectivity index (χ4v) is 2.63. The Morgan fingerprint density at radius 2 is 2.16 bits per heavy atom. The van der Waals surface area contributed by atoms with Crippen molar-refractivity contribution in [2.75, 3.05) is 27.2 Å². The average molecular weight is 338 g/mol. The lowest BCUT2D eigenvalue weighted by Crippen LogP contribution is -2.27. The van der Waals surface area contributed by atoms with E-state index in [-0.39, 0.29) is 5.91 Å². The van der Waals surface area contributed by atoms with E-state index in [9.17, 15) is 4.79 Å². The smallest absolute Gasteiger partial charge is 0.251 e. The molecule has 0 radical (unpaired) electrons. The van der Waals surface area contributed by atoms with E-state index in [1.807, 2.05) is 39.2 Å². The first kappa shape index (κ1) is 17.0. The Labute approximate surface area is 146 Å². The Kier molecular flexibility index (Phi) is 5.04. The topological polar surface area (TPSA) is 75.4 Å². The summed E-state index contributed by atoms with van der Waals surface area (Å²) in [5, 5.41) is 7.26. The van der Waals surface area contributed by atoms with Gasteiger partial charge in [-0.05, 0) is 46.1 Å². The second kappa shape index (κ2) is 7.40. The minimum Gasteiger partial charge on any atom is -0.352 e. The minimum atomic E-state index is -0.0785. The largest absolute Gasteiger partial charge is 0.352 e. The summed E-state index contributed by atoms with van der Waals surface area (Å²) in [6, 6.07) is 7.43. The van der Waals surface area contributed by atoms with Crippen molar-refractivity contribution in [2.45, 2.75) is 13.3 Å². The third-order valence-electron chi connectivity index (χ3n) is 3.83. The highest BCUT2D eigenvalue weighted by Crippen LogP contribution is 2.22. The number of amides is 1. The maximum atomic E-state index is 12.4. The molecule has 0 saturated heterocycles. The summed E-state index contributed by atoms with van der Waals surface area (Å²) < 4.78 is 1.70. The first-order chi connectivity index (χ1) is 12.0. The molecule has 2 heterocycles. The summed E-state index contributed by atoms with van der Waals surface area (Å²) in [6.07, 6.45) is 4.36. The maximum absolute atomic E-state index is 12.4. The predicted octanol–water partition coefficient (Wildman–Crippen LogP) is 1.78. The average Bonchev–Trinajstić information content (AvgIpc) is 2.98. The molecule has 25 heavy (non-hydrogen) atoms. The molecule has 130 valence electrons. The highest BCUT2D eigenvalue weighted by atomic mass is 16.1. The number of hydrogen-bond acceptors (Lipinski definition) is 5. The molecule has 0 atom stereocenters. The van der Waals surface area contributed by atoms with Gasteiger partial charge in [-0.2, -0.15) is 5.10 Å². The van der Waals surface area contributed by atoms with Gasteiger partial charge >= 0.3 is 0 Å². The van der Waals surface area contributed by atoms with E-state index in [2.05, 4.69) is 25.3 Å². The quantitative estimate of drug-likeness (QED) is 0.694. The van der Waals surface area contributed by atoms with E-state index < -0.39 is 0 Å². The number of fused-ring (bicyclic) bond motifs is 1. The molecule has 0 aliphatic carbocycles. The second-order valence-electron chi connectivity index (χ2n) is 6.20. The Hall–Kier alpha value is -2.80. The monoisotopic (exact) mass is 338 g/mol. The van der Waals surface area contributed by atoms with E-state index in [1.165, 1.54) is 0 Å². The number of benzene rings is 1. The van der Waals surface area contributed by atoms with Gasteiger partial charge in [0.2, 0.25) is 0 Å². The number of nitrogens with zero attached hydrogens (tertiary/aromatic N) is 5. The number of aryl methyl sites for hydroxylation is 1. The number of carbonyl (C=O) groups is 1. The molecule has 7 heteroatoms. The molecular formula is C18H22N6O. The molecule has 0 unspecified atom stereocenters. The van der Waals surface area contributed by atoms with Crippen molar-refractivity contribution in [3.63, 3.8) is 0 Å². The zero-order chi connectivity index (χ0) is 17.8. The van der Waals surface area contributed by atoms with Gasteiger partial charge in [0, 0.05) is 30.1 Å². The second-order valence-corrected chi connectivity index (χ2v) is 6.20. The van der Waals surface area contributed by atoms with Crippen LogP contribution >= 0.6 is 0 Å². The molecule has 0 bridgehead atoms. The number of hydrogen-bond donors (Lipinski definition) is 1. The third kappa shape index (κ3) is 4.00. The molecule has 0 aliphatic rings. The van der Waals surface area contributed by atoms with Gasteiger partial charge in [-0.1, -0.05) is 12.1 Å². The van der Waals surface area contributed by atoms with E-state index in [1.54, 1.807) is 23.0 Å². The highest BCUT2D eigenvalue weighted by molar-refractivity contribution is 5.95. The Morgan fingerprint density at radius 3 is 2.96 bits per heavy atom. The Balaban J connectivity index is 1.80. The van der Waals surface area contributed by atoms with Crippen LogP contribution in [0.3, 0.4) is 0 Å². The van der Waals surface area contributed by atoms with Gasteiger partial charge in [0.1, 0.15) is 11.5 Å². The summed E-state index contributed by atoms with van der Waals surface area (Å²) in [5.41, 5.74) is 2.86. The molecule has 2 aromatic heterocycles. The number of nitrogens with one attached hydrogen (secondary N) is 1. The fourth-order valence-electron chi connectivity index (χ4n) is 2.63. The molecule has 0 fully saturated rings. The third-order valence-corrected chi connectivity index (χ3v) is 3.83. The molecule has 0 aliphatic heterocycles. The van der Waals surface area contributed by atoms with E-state index in [0.29, 0.717) is 29.3 Å². The van der Waals surface area contributed by atoms with Crippen molar-refractivity contribution >= 4 is 11.6 Å². The lowest BCUT2D eigenvalue weighted by molar-refractivity contribution is 0.0952. The summed E-state index contributed by atoms with van der Waals surface area (Å²) in [7, 11) is 4.04. The van der Waals surface area contributed by atoms with E-state index >= 15 is 0 Å². The molecule has 3 aromatic rings. The van der Waals surface area contributed by atoms with Gasteiger partial charge in [-0.3, -0.25) is 9.78 Å². The van der Waals surface area contributed by atoms with Crippen molar-refractivity contribution in [3.8, 4) is 11.3 Å². The lowest BCUT2D eigenvalue weighted by Gasteiger charge is -2.10. The van der Waals surface area contributed by atoms with Gasteiger partial charge in [-0.25, -0.2) is 9.50 Å². The van der Waals surface area contributed by atoms with E-state index in [4.69, 9.17) is 0 Å². The summed E-state index contributed by atoms with van der Waals surface area (Å²) in [6.45, 7) is 3.44. The molecule has 1 amide bonds. The first-order valence-electron chi connectivity index (χ1n) is 8.26. The SMILES string of the molecule is Cc1nc2c(-c3cccc(C(=O)NCCCN(C)C)c3)nccn2n1. The molecule has 7 nitrogen and oxygen atoms in total. The molecule has 1 N–H and O–H groups in total. The summed E-state index contributed by atoms with van der Waals surface area (Å²) >= 11 is 0. The lowest BCUT2D eigenvalue weighted by atomic mass is 10.1. The van der Waals surface area contributed by atoms with Crippen LogP contribution in [0.2, 0.25) is 0 Å². The van der Waals surface area contributed by atoms with Crippen molar-refractivity contribution < 1.29 is 4.79 Å². The number of aromatic nitrogens is 4. The van der Waals surface area contributed by atoms with Crippen LogP contribution in [-0.4, -0.2) is 57.6 Å². The molecule has 3 rings (SSSR count). The predicted molar refractivity (Wildman–Crippen MR) is 96.5 cm³/mol. The van der Waals surface area contributed by atoms with Crippen LogP contribution in [0.15, 0.2) is 36.7 Å². The molecule has 0 spiro atoms. The fraction of sp³-hybridized carbons (Fsp3) is 0.333. The van der Waals surface area contributed by atoms with Crippen LogP contribution in [0.4, 0.5) is 0 Å². The van der Waals surface area contributed by atoms with Crippen LogP contribution in [0.25, 0.3) is 16.9 Å². The standard InChI is InChI=1S/C18H22N6O/c1-13-21-17-16(19-9-11-24(17)22-13)14-6-4-7-15(12-14)18(25)20-8-5-10-23(2)3/h4,6-7,9,11-12H,5,8,10H2,1-3H3,(H,20,25). The van der Waals surface area contributed by atoms with Gasteiger partial charge in [0.15, 0.2) is 5.65 Å². The Bertz CT molecular complexity index is 886. The van der Waals surface area contributed by atoms with Crippen LogP contribution < -0.4 is 5.32 Å². The number of carbonyl (C=O) groups excluding carboxylic acids is 1. The van der Waals surface area contributed by atoms with Crippen LogP contribution in [0, 0.1) is 6.92 Å². The van der Waals surface area contributed by atoms with Gasteiger partial charge in [0.25, 0.3) is 5.91 Å². The zero-order valence-electron chi connectivity index (χ0n) is 14.7. The van der Waals surface area contributed by atoms with Crippen molar-refractivity contribution in [1.82, 2.24) is 29.8 Å². The van der Waals surface area contributed by atoms with Crippen LogP contribution in [0.1, 0.15) is 22.6 Å². The van der Waals surface area contributed by atoms with Crippen LogP contribution in [-0.2, 0) is 0 Å². The molecular weight excluding hydrogens is 316 g/mol. The van der Waals surface area contributed by atoms with Crippen LogP contribution in [0.5, 0.6) is 0 Å². The van der Waals surface area contributed by atoms with Crippen molar-refractivity contribution in [3.05, 3.63) is 48.0 Å². The zero-order valence-corrected chi connectivity index (χ0v) is 14.7. The molecule has 1 aromatic carbocycles. The highest BCUT2D eigenvalue weighted by Gasteiger charge is 2.12. The van der Waals surface area contributed by atoms with Crippen molar-refractivity contribution in [1.29, 1.82) is 0 Å². The summed E-state index contributed by atoms with van der Waals surface area (Å²) in [4.78, 5) is 23.3. The summed E-state index contributed by atoms with van der Waals surface area (Å²) in [5.74, 6) is 0.606. The Morgan fingerprint density at radius 1 is 1.32 bits per heavy atom. The van der Waals surface area contributed by atoms with Crippen molar-refractivity contribution in [2.24, 2.45) is 0 Å². The van der Waals surface area contributed by atoms with Gasteiger partial charge in [0.05, 0.1) is 0 Å². The van der Waals surface area contributed by atoms with Gasteiger partial charge in [-0.15, -0.1) is 0 Å². The molecule has 0 saturated carbocycles. The van der Waals surface area contributed by atoms with E-state index in [0.717, 1.165) is 18.5 Å². The normalized spacial score (nSPS) is 11.2. The number of rotatable bonds is 6. The first-order valence-corrected chi connectivity index (χ1v) is 8.26. The minimum absolute atomic E-state index is 0.0785. The maximum Gasteiger partial charge on any atom is 0.251 e.